The van der Waals surface area contributed by atoms with Crippen molar-refractivity contribution in [3.8, 4) is 0 Å². The molecule has 1 saturated carbocycles. The second-order valence-corrected chi connectivity index (χ2v) is 7.58. The van der Waals surface area contributed by atoms with Gasteiger partial charge in [-0.1, -0.05) is 32.1 Å². The van der Waals surface area contributed by atoms with Crippen LogP contribution < -0.4 is 10.5 Å². The lowest BCUT2D eigenvalue weighted by atomic mass is 9.64. The monoisotopic (exact) mass is 336 g/mol. The smallest absolute Gasteiger partial charge is 0.275 e. The summed E-state index contributed by atoms with van der Waals surface area (Å²) in [6, 6.07) is 1.91. The highest BCUT2D eigenvalue weighted by atomic mass is 32.1. The van der Waals surface area contributed by atoms with Gasteiger partial charge in [-0.25, -0.2) is 4.98 Å². The van der Waals surface area contributed by atoms with Gasteiger partial charge in [0, 0.05) is 36.9 Å². The Morgan fingerprint density at radius 2 is 2.22 bits per heavy atom. The van der Waals surface area contributed by atoms with Gasteiger partial charge >= 0.3 is 0 Å². The summed E-state index contributed by atoms with van der Waals surface area (Å²) in [6.07, 6.45) is 2.01. The highest BCUT2D eigenvalue weighted by Gasteiger charge is 2.51. The van der Waals surface area contributed by atoms with Crippen LogP contribution in [0, 0.1) is 5.41 Å². The zero-order valence-electron chi connectivity index (χ0n) is 14.4. The molecule has 2 atom stereocenters. The lowest BCUT2D eigenvalue weighted by Gasteiger charge is -2.54. The minimum atomic E-state index is -0.109. The number of rotatable bonds is 5. The number of hydrogen-bond donors (Lipinski definition) is 0. The van der Waals surface area contributed by atoms with Crippen molar-refractivity contribution in [3.05, 3.63) is 22.1 Å². The molecule has 0 aliphatic heterocycles. The van der Waals surface area contributed by atoms with Crippen LogP contribution in [0.3, 0.4) is 0 Å². The summed E-state index contributed by atoms with van der Waals surface area (Å²) in [6.45, 7) is 9.22. The third-order valence-corrected chi connectivity index (χ3v) is 5.91. The Labute approximate surface area is 140 Å². The molecule has 0 bridgehead atoms. The fraction of sp³-hybridized carbons (Fsp3) is 0.688. The maximum Gasteiger partial charge on any atom is 0.275 e. The molecule has 0 amide bonds. The van der Waals surface area contributed by atoms with E-state index in [2.05, 4.69) is 28.8 Å². The van der Waals surface area contributed by atoms with E-state index in [9.17, 15) is 4.79 Å². The second-order valence-electron chi connectivity index (χ2n) is 6.65. The maximum absolute atomic E-state index is 12.1. The summed E-state index contributed by atoms with van der Waals surface area (Å²) < 4.78 is 7.21. The average Bonchev–Trinajstić information content (AvgIpc) is 2.95. The lowest BCUT2D eigenvalue weighted by molar-refractivity contribution is -0.104. The first kappa shape index (κ1) is 16.4. The van der Waals surface area contributed by atoms with Gasteiger partial charge in [0.2, 0.25) is 10.1 Å². The molecule has 23 heavy (non-hydrogen) atoms. The van der Waals surface area contributed by atoms with Gasteiger partial charge in [-0.05, 0) is 19.8 Å². The van der Waals surface area contributed by atoms with Gasteiger partial charge in [-0.2, -0.15) is 4.52 Å². The summed E-state index contributed by atoms with van der Waals surface area (Å²) in [5.74, 6) is 0. The molecule has 0 saturated heterocycles. The molecule has 2 heterocycles. The number of fused-ring (bicyclic) bond motifs is 1. The topological polar surface area (TPSA) is 59.7 Å². The van der Waals surface area contributed by atoms with Crippen LogP contribution >= 0.6 is 11.3 Å². The quantitative estimate of drug-likeness (QED) is 0.839. The Morgan fingerprint density at radius 3 is 2.83 bits per heavy atom. The van der Waals surface area contributed by atoms with Crippen LogP contribution in [0.4, 0.5) is 5.13 Å². The number of aryl methyl sites for hydroxylation is 1. The van der Waals surface area contributed by atoms with Gasteiger partial charge in [-0.3, -0.25) is 4.79 Å². The van der Waals surface area contributed by atoms with Crippen molar-refractivity contribution >= 4 is 21.4 Å². The molecule has 3 rings (SSSR count). The van der Waals surface area contributed by atoms with Crippen LogP contribution in [0.1, 0.15) is 39.8 Å². The van der Waals surface area contributed by atoms with Crippen LogP contribution in [-0.2, 0) is 11.2 Å². The third-order valence-electron chi connectivity index (χ3n) is 4.91. The van der Waals surface area contributed by atoms with Gasteiger partial charge in [0.05, 0.1) is 6.10 Å². The first-order valence-corrected chi connectivity index (χ1v) is 8.94. The second kappa shape index (κ2) is 5.87. The standard InChI is InChI=1S/C16H24N4O2S/c1-6-10-8-13(21)20-14(17-10)23-15(18-20)19(5)11-9-12(22-7-2)16(11,3)4/h8,11-12H,6-7,9H2,1-5H3/t11-,12-/m0/s1. The third kappa shape index (κ3) is 2.65. The zero-order valence-corrected chi connectivity index (χ0v) is 15.2. The van der Waals surface area contributed by atoms with Crippen LogP contribution in [0.25, 0.3) is 4.96 Å². The first-order chi connectivity index (χ1) is 10.9. The van der Waals surface area contributed by atoms with E-state index in [0.29, 0.717) is 11.0 Å². The Kier molecular flexibility index (Phi) is 4.18. The first-order valence-electron chi connectivity index (χ1n) is 8.12. The number of aromatic nitrogens is 3. The largest absolute Gasteiger partial charge is 0.378 e. The minimum Gasteiger partial charge on any atom is -0.378 e. The fourth-order valence-electron chi connectivity index (χ4n) is 3.31. The molecule has 1 aliphatic rings. The molecule has 126 valence electrons. The normalized spacial score (nSPS) is 23.0. The van der Waals surface area contributed by atoms with Gasteiger partial charge in [0.25, 0.3) is 5.56 Å². The fourth-order valence-corrected chi connectivity index (χ4v) is 4.25. The van der Waals surface area contributed by atoms with E-state index in [-0.39, 0.29) is 17.1 Å². The SMILES string of the molecule is CCO[C@H]1C[C@H](N(C)c2nn3c(=O)cc(CC)nc3s2)C1(C)C. The molecule has 0 unspecified atom stereocenters. The number of ether oxygens (including phenoxy) is 1. The van der Waals surface area contributed by atoms with Gasteiger partial charge in [0.15, 0.2) is 0 Å². The average molecular weight is 336 g/mol. The molecule has 2 aromatic heterocycles. The van der Waals surface area contributed by atoms with Gasteiger partial charge in [0.1, 0.15) is 0 Å². The van der Waals surface area contributed by atoms with Crippen molar-refractivity contribution in [1.82, 2.24) is 14.6 Å². The van der Waals surface area contributed by atoms with Crippen molar-refractivity contribution in [1.29, 1.82) is 0 Å². The predicted octanol–water partition coefficient (Wildman–Crippen LogP) is 2.35. The number of anilines is 1. The summed E-state index contributed by atoms with van der Waals surface area (Å²) in [7, 11) is 2.04. The zero-order chi connectivity index (χ0) is 16.8. The summed E-state index contributed by atoms with van der Waals surface area (Å²) in [4.78, 5) is 19.5. The van der Waals surface area contributed by atoms with Crippen molar-refractivity contribution in [2.75, 3.05) is 18.6 Å². The van der Waals surface area contributed by atoms with Crippen LogP contribution in [-0.4, -0.2) is 40.4 Å². The molecule has 0 radical (unpaired) electrons. The lowest BCUT2D eigenvalue weighted by Crippen LogP contribution is -2.61. The molecule has 0 N–H and O–H groups in total. The molecule has 1 fully saturated rings. The van der Waals surface area contributed by atoms with Crippen molar-refractivity contribution < 1.29 is 4.74 Å². The number of hydrogen-bond acceptors (Lipinski definition) is 6. The molecule has 7 heteroatoms. The highest BCUT2D eigenvalue weighted by molar-refractivity contribution is 7.20. The molecular weight excluding hydrogens is 312 g/mol. The van der Waals surface area contributed by atoms with Crippen LogP contribution in [0.15, 0.2) is 10.9 Å². The number of nitrogens with zero attached hydrogens (tertiary/aromatic N) is 4. The van der Waals surface area contributed by atoms with Gasteiger partial charge in [-0.15, -0.1) is 5.10 Å². The summed E-state index contributed by atoms with van der Waals surface area (Å²) in [5.41, 5.74) is 0.770. The van der Waals surface area contributed by atoms with E-state index < -0.39 is 0 Å². The van der Waals surface area contributed by atoms with Crippen molar-refractivity contribution in [2.24, 2.45) is 5.41 Å². The Hall–Kier alpha value is -1.47. The molecule has 2 aromatic rings. The molecule has 1 aliphatic carbocycles. The Bertz CT molecular complexity index is 767. The van der Waals surface area contributed by atoms with Gasteiger partial charge < -0.3 is 9.64 Å². The van der Waals surface area contributed by atoms with E-state index in [1.54, 1.807) is 6.07 Å². The van der Waals surface area contributed by atoms with E-state index in [0.717, 1.165) is 30.3 Å². The maximum atomic E-state index is 12.1. The summed E-state index contributed by atoms with van der Waals surface area (Å²) >= 11 is 1.47. The van der Waals surface area contributed by atoms with Crippen LogP contribution in [0.2, 0.25) is 0 Å². The highest BCUT2D eigenvalue weighted by Crippen LogP contribution is 2.46. The molecule has 0 spiro atoms. The van der Waals surface area contributed by atoms with E-state index in [1.165, 1.54) is 15.9 Å². The predicted molar refractivity (Wildman–Crippen MR) is 92.5 cm³/mol. The Morgan fingerprint density at radius 1 is 1.48 bits per heavy atom. The summed E-state index contributed by atoms with van der Waals surface area (Å²) in [5, 5.41) is 5.30. The minimum absolute atomic E-state index is 0.0651. The molecule has 0 aromatic carbocycles. The molecular formula is C16H24N4O2S. The molecule has 6 nitrogen and oxygen atoms in total. The van der Waals surface area contributed by atoms with E-state index in [1.807, 2.05) is 20.9 Å². The van der Waals surface area contributed by atoms with E-state index >= 15 is 0 Å². The van der Waals surface area contributed by atoms with Crippen molar-refractivity contribution in [2.45, 2.75) is 52.7 Å². The van der Waals surface area contributed by atoms with E-state index in [4.69, 9.17) is 4.74 Å². The Balaban J connectivity index is 1.89. The van der Waals surface area contributed by atoms with Crippen LogP contribution in [0.5, 0.6) is 0 Å². The van der Waals surface area contributed by atoms with Crippen molar-refractivity contribution in [3.63, 3.8) is 0 Å².